The summed E-state index contributed by atoms with van der Waals surface area (Å²) in [7, 11) is 3.21. The van der Waals surface area contributed by atoms with E-state index in [9.17, 15) is 4.79 Å². The first-order valence-corrected chi connectivity index (χ1v) is 6.60. The van der Waals surface area contributed by atoms with Crippen LogP contribution < -0.4 is 15.2 Å². The smallest absolute Gasteiger partial charge is 0.320 e. The molecular formula is C15H23NO4. The number of methoxy groups -OCH3 is 2. The molecule has 0 aliphatic carbocycles. The van der Waals surface area contributed by atoms with Gasteiger partial charge in [-0.15, -0.1) is 0 Å². The standard InChI is InChI=1S/C15H23NO4/c1-9(5-14(16)15(17)18)10(2)11-6-12(19-3)8-13(7-11)20-4/h6-10,14H,5,16H2,1-4H3,(H,17,18). The molecule has 0 fully saturated rings. The molecule has 3 atom stereocenters. The molecule has 0 aromatic heterocycles. The second kappa shape index (κ2) is 7.14. The first kappa shape index (κ1) is 16.3. The minimum atomic E-state index is -0.965. The molecule has 20 heavy (non-hydrogen) atoms. The maximum atomic E-state index is 10.8. The number of carboxylic acids is 1. The number of rotatable bonds is 7. The van der Waals surface area contributed by atoms with E-state index in [1.54, 1.807) is 14.2 Å². The summed E-state index contributed by atoms with van der Waals surface area (Å²) in [5.74, 6) is 0.774. The molecule has 0 spiro atoms. The fraction of sp³-hybridized carbons (Fsp3) is 0.533. The van der Waals surface area contributed by atoms with E-state index in [0.717, 1.165) is 17.1 Å². The van der Waals surface area contributed by atoms with E-state index in [4.69, 9.17) is 20.3 Å². The third-order valence-corrected chi connectivity index (χ3v) is 3.70. The number of hydrogen-bond donors (Lipinski definition) is 2. The van der Waals surface area contributed by atoms with E-state index in [0.29, 0.717) is 6.42 Å². The quantitative estimate of drug-likeness (QED) is 0.801. The Hall–Kier alpha value is -1.75. The van der Waals surface area contributed by atoms with Crippen LogP contribution in [0.4, 0.5) is 0 Å². The summed E-state index contributed by atoms with van der Waals surface area (Å²) >= 11 is 0. The molecule has 5 heteroatoms. The van der Waals surface area contributed by atoms with Gasteiger partial charge in [-0.3, -0.25) is 4.79 Å². The Morgan fingerprint density at radius 1 is 1.20 bits per heavy atom. The highest BCUT2D eigenvalue weighted by Crippen LogP contribution is 2.32. The average Bonchev–Trinajstić information content (AvgIpc) is 2.45. The molecular weight excluding hydrogens is 258 g/mol. The van der Waals surface area contributed by atoms with Crippen molar-refractivity contribution in [1.82, 2.24) is 0 Å². The third-order valence-electron chi connectivity index (χ3n) is 3.70. The van der Waals surface area contributed by atoms with Gasteiger partial charge in [0.1, 0.15) is 17.5 Å². The van der Waals surface area contributed by atoms with E-state index < -0.39 is 12.0 Å². The number of carboxylic acid groups (broad SMARTS) is 1. The lowest BCUT2D eigenvalue weighted by Gasteiger charge is -2.23. The Balaban J connectivity index is 2.90. The van der Waals surface area contributed by atoms with Crippen molar-refractivity contribution in [2.45, 2.75) is 32.2 Å². The molecule has 0 saturated heterocycles. The summed E-state index contributed by atoms with van der Waals surface area (Å²) in [5, 5.41) is 8.88. The van der Waals surface area contributed by atoms with Crippen LogP contribution in [0.1, 0.15) is 31.7 Å². The van der Waals surface area contributed by atoms with Crippen LogP contribution >= 0.6 is 0 Å². The summed E-state index contributed by atoms with van der Waals surface area (Å²) in [6.45, 7) is 4.05. The van der Waals surface area contributed by atoms with Crippen LogP contribution in [-0.2, 0) is 4.79 Å². The molecule has 0 heterocycles. The summed E-state index contributed by atoms with van der Waals surface area (Å²) in [4.78, 5) is 10.8. The van der Waals surface area contributed by atoms with Gasteiger partial charge in [0.05, 0.1) is 14.2 Å². The van der Waals surface area contributed by atoms with Crippen LogP contribution in [0.2, 0.25) is 0 Å². The van der Waals surface area contributed by atoms with Gasteiger partial charge >= 0.3 is 5.97 Å². The number of aliphatic carboxylic acids is 1. The maximum absolute atomic E-state index is 10.8. The monoisotopic (exact) mass is 281 g/mol. The number of benzene rings is 1. The molecule has 0 bridgehead atoms. The predicted molar refractivity (Wildman–Crippen MR) is 77.4 cm³/mol. The Morgan fingerprint density at radius 2 is 1.70 bits per heavy atom. The lowest BCUT2D eigenvalue weighted by atomic mass is 9.84. The molecule has 1 aromatic rings. The fourth-order valence-electron chi connectivity index (χ4n) is 2.13. The molecule has 0 radical (unpaired) electrons. The lowest BCUT2D eigenvalue weighted by Crippen LogP contribution is -2.32. The first-order chi connectivity index (χ1) is 9.38. The molecule has 5 nitrogen and oxygen atoms in total. The van der Waals surface area contributed by atoms with Gasteiger partial charge < -0.3 is 20.3 Å². The molecule has 3 N–H and O–H groups in total. The molecule has 1 rings (SSSR count). The minimum Gasteiger partial charge on any atom is -0.497 e. The lowest BCUT2D eigenvalue weighted by molar-refractivity contribution is -0.138. The van der Waals surface area contributed by atoms with Crippen LogP contribution in [0, 0.1) is 5.92 Å². The van der Waals surface area contributed by atoms with Gasteiger partial charge in [0.15, 0.2) is 0 Å². The average molecular weight is 281 g/mol. The predicted octanol–water partition coefficient (Wildman–Crippen LogP) is 2.25. The second-order valence-electron chi connectivity index (χ2n) is 5.09. The van der Waals surface area contributed by atoms with Crippen LogP contribution in [-0.4, -0.2) is 31.3 Å². The van der Waals surface area contributed by atoms with Crippen molar-refractivity contribution in [3.8, 4) is 11.5 Å². The van der Waals surface area contributed by atoms with Crippen molar-refractivity contribution >= 4 is 5.97 Å². The minimum absolute atomic E-state index is 0.137. The van der Waals surface area contributed by atoms with Gasteiger partial charge in [0, 0.05) is 6.07 Å². The zero-order valence-corrected chi connectivity index (χ0v) is 12.4. The molecule has 0 amide bonds. The number of hydrogen-bond acceptors (Lipinski definition) is 4. The molecule has 3 unspecified atom stereocenters. The summed E-state index contributed by atoms with van der Waals surface area (Å²) in [6, 6.07) is 4.86. The number of ether oxygens (including phenoxy) is 2. The van der Waals surface area contributed by atoms with E-state index in [1.165, 1.54) is 0 Å². The maximum Gasteiger partial charge on any atom is 0.320 e. The Kier molecular flexibility index (Phi) is 5.82. The number of carbonyl (C=O) groups is 1. The van der Waals surface area contributed by atoms with Gasteiger partial charge in [-0.2, -0.15) is 0 Å². The fourth-order valence-corrected chi connectivity index (χ4v) is 2.13. The molecule has 112 valence electrons. The highest BCUT2D eigenvalue weighted by molar-refractivity contribution is 5.73. The first-order valence-electron chi connectivity index (χ1n) is 6.60. The summed E-state index contributed by atoms with van der Waals surface area (Å²) in [6.07, 6.45) is 0.427. The van der Waals surface area contributed by atoms with Crippen LogP contribution in [0.15, 0.2) is 18.2 Å². The summed E-state index contributed by atoms with van der Waals surface area (Å²) in [5.41, 5.74) is 6.64. The zero-order chi connectivity index (χ0) is 15.3. The SMILES string of the molecule is COc1cc(OC)cc(C(C)C(C)CC(N)C(=O)O)c1. The topological polar surface area (TPSA) is 81.8 Å². The van der Waals surface area contributed by atoms with Gasteiger partial charge in [-0.25, -0.2) is 0 Å². The van der Waals surface area contributed by atoms with Crippen LogP contribution in [0.3, 0.4) is 0 Å². The molecule has 0 aliphatic heterocycles. The van der Waals surface area contributed by atoms with Gasteiger partial charge in [0.2, 0.25) is 0 Å². The van der Waals surface area contributed by atoms with E-state index in [1.807, 2.05) is 32.0 Å². The van der Waals surface area contributed by atoms with E-state index in [2.05, 4.69) is 0 Å². The van der Waals surface area contributed by atoms with Crippen molar-refractivity contribution in [3.63, 3.8) is 0 Å². The zero-order valence-electron chi connectivity index (χ0n) is 12.4. The van der Waals surface area contributed by atoms with Crippen LogP contribution in [0.5, 0.6) is 11.5 Å². The molecule has 1 aromatic carbocycles. The largest absolute Gasteiger partial charge is 0.497 e. The normalized spacial score (nSPS) is 15.2. The Bertz CT molecular complexity index is 439. The van der Waals surface area contributed by atoms with E-state index >= 15 is 0 Å². The highest BCUT2D eigenvalue weighted by Gasteiger charge is 2.22. The molecule has 0 aliphatic rings. The summed E-state index contributed by atoms with van der Waals surface area (Å²) < 4.78 is 10.5. The molecule has 0 saturated carbocycles. The highest BCUT2D eigenvalue weighted by atomic mass is 16.5. The van der Waals surface area contributed by atoms with Crippen molar-refractivity contribution in [2.75, 3.05) is 14.2 Å². The van der Waals surface area contributed by atoms with Gasteiger partial charge in [0.25, 0.3) is 0 Å². The van der Waals surface area contributed by atoms with Gasteiger partial charge in [-0.1, -0.05) is 13.8 Å². The number of nitrogens with two attached hydrogens (primary N) is 1. The second-order valence-corrected chi connectivity index (χ2v) is 5.09. The Labute approximate surface area is 119 Å². The van der Waals surface area contributed by atoms with Crippen molar-refractivity contribution < 1.29 is 19.4 Å². The van der Waals surface area contributed by atoms with Gasteiger partial charge in [-0.05, 0) is 36.0 Å². The Morgan fingerprint density at radius 3 is 2.10 bits per heavy atom. The van der Waals surface area contributed by atoms with Crippen molar-refractivity contribution in [1.29, 1.82) is 0 Å². The van der Waals surface area contributed by atoms with Crippen molar-refractivity contribution in [3.05, 3.63) is 23.8 Å². The van der Waals surface area contributed by atoms with Crippen LogP contribution in [0.25, 0.3) is 0 Å². The third kappa shape index (κ3) is 4.13. The van der Waals surface area contributed by atoms with Crippen molar-refractivity contribution in [2.24, 2.45) is 11.7 Å². The van der Waals surface area contributed by atoms with E-state index in [-0.39, 0.29) is 11.8 Å².